The SMILES string of the molecule is O=[N+]([O-])c1ccc(-c2nc(Cc3ccc(Cl)cc3)no2)cc1. The summed E-state index contributed by atoms with van der Waals surface area (Å²) in [6.45, 7) is 0. The molecule has 3 rings (SSSR count). The van der Waals surface area contributed by atoms with E-state index in [1.807, 2.05) is 12.1 Å². The van der Waals surface area contributed by atoms with Crippen molar-refractivity contribution in [2.24, 2.45) is 0 Å². The predicted molar refractivity (Wildman–Crippen MR) is 80.6 cm³/mol. The molecule has 0 atom stereocenters. The van der Waals surface area contributed by atoms with Crippen molar-refractivity contribution in [1.82, 2.24) is 10.1 Å². The van der Waals surface area contributed by atoms with Gasteiger partial charge in [0.2, 0.25) is 0 Å². The molecule has 0 N–H and O–H groups in total. The third kappa shape index (κ3) is 3.12. The fraction of sp³-hybridized carbons (Fsp3) is 0.0667. The Morgan fingerprint density at radius 3 is 2.41 bits per heavy atom. The zero-order chi connectivity index (χ0) is 15.5. The van der Waals surface area contributed by atoms with E-state index in [4.69, 9.17) is 16.1 Å². The van der Waals surface area contributed by atoms with E-state index < -0.39 is 4.92 Å². The molecule has 0 aliphatic heterocycles. The van der Waals surface area contributed by atoms with Gasteiger partial charge in [-0.1, -0.05) is 28.9 Å². The first-order valence-electron chi connectivity index (χ1n) is 6.44. The molecule has 1 aromatic heterocycles. The van der Waals surface area contributed by atoms with E-state index in [1.54, 1.807) is 24.3 Å². The summed E-state index contributed by atoms with van der Waals surface area (Å²) < 4.78 is 5.19. The van der Waals surface area contributed by atoms with E-state index in [0.717, 1.165) is 5.56 Å². The molecule has 0 aliphatic rings. The largest absolute Gasteiger partial charge is 0.334 e. The Balaban J connectivity index is 1.78. The number of benzene rings is 2. The molecule has 2 aromatic carbocycles. The van der Waals surface area contributed by atoms with Crippen LogP contribution in [0.5, 0.6) is 0 Å². The summed E-state index contributed by atoms with van der Waals surface area (Å²) in [4.78, 5) is 14.5. The monoisotopic (exact) mass is 315 g/mol. The van der Waals surface area contributed by atoms with Crippen molar-refractivity contribution in [2.45, 2.75) is 6.42 Å². The van der Waals surface area contributed by atoms with Crippen LogP contribution >= 0.6 is 11.6 Å². The maximum absolute atomic E-state index is 10.6. The molecule has 3 aromatic rings. The molecule has 0 saturated heterocycles. The lowest BCUT2D eigenvalue weighted by molar-refractivity contribution is -0.384. The van der Waals surface area contributed by atoms with Crippen molar-refractivity contribution in [3.63, 3.8) is 0 Å². The number of hydrogen-bond acceptors (Lipinski definition) is 5. The van der Waals surface area contributed by atoms with Crippen LogP contribution in [0.2, 0.25) is 5.02 Å². The van der Waals surface area contributed by atoms with Crippen molar-refractivity contribution in [1.29, 1.82) is 0 Å². The summed E-state index contributed by atoms with van der Waals surface area (Å²) >= 11 is 5.84. The Bertz CT molecular complexity index is 798. The van der Waals surface area contributed by atoms with Gasteiger partial charge in [0.1, 0.15) is 0 Å². The van der Waals surface area contributed by atoms with Gasteiger partial charge >= 0.3 is 0 Å². The molecule has 0 spiro atoms. The third-order valence-corrected chi connectivity index (χ3v) is 3.32. The number of aromatic nitrogens is 2. The topological polar surface area (TPSA) is 82.1 Å². The van der Waals surface area contributed by atoms with Crippen molar-refractivity contribution in [2.75, 3.05) is 0 Å². The molecule has 0 aliphatic carbocycles. The standard InChI is InChI=1S/C15H10ClN3O3/c16-12-5-1-10(2-6-12)9-14-17-15(22-18-14)11-3-7-13(8-4-11)19(20)21/h1-8H,9H2. The Morgan fingerprint density at radius 1 is 1.09 bits per heavy atom. The molecule has 0 fully saturated rings. The first-order valence-corrected chi connectivity index (χ1v) is 6.81. The minimum Gasteiger partial charge on any atom is -0.334 e. The molecule has 0 saturated carbocycles. The minimum absolute atomic E-state index is 0.0182. The lowest BCUT2D eigenvalue weighted by atomic mass is 10.1. The Labute approximate surface area is 130 Å². The summed E-state index contributed by atoms with van der Waals surface area (Å²) in [5, 5.41) is 15.2. The van der Waals surface area contributed by atoms with Crippen LogP contribution < -0.4 is 0 Å². The summed E-state index contributed by atoms with van der Waals surface area (Å²) in [7, 11) is 0. The highest BCUT2D eigenvalue weighted by Crippen LogP contribution is 2.21. The van der Waals surface area contributed by atoms with E-state index in [2.05, 4.69) is 10.1 Å². The second-order valence-corrected chi connectivity index (χ2v) is 5.06. The molecular formula is C15H10ClN3O3. The van der Waals surface area contributed by atoms with Gasteiger partial charge in [0.25, 0.3) is 11.6 Å². The third-order valence-electron chi connectivity index (χ3n) is 3.07. The molecule has 110 valence electrons. The van der Waals surface area contributed by atoms with E-state index in [0.29, 0.717) is 28.7 Å². The number of halogens is 1. The normalized spacial score (nSPS) is 10.6. The predicted octanol–water partition coefficient (Wildman–Crippen LogP) is 3.89. The van der Waals surface area contributed by atoms with Crippen molar-refractivity contribution in [3.05, 3.63) is 75.1 Å². The first-order chi connectivity index (χ1) is 10.6. The summed E-state index contributed by atoms with van der Waals surface area (Å²) in [6.07, 6.45) is 0.521. The summed E-state index contributed by atoms with van der Waals surface area (Å²) in [5.74, 6) is 0.870. The average molecular weight is 316 g/mol. The average Bonchev–Trinajstić information content (AvgIpc) is 2.98. The Morgan fingerprint density at radius 2 is 1.77 bits per heavy atom. The van der Waals surface area contributed by atoms with Crippen molar-refractivity contribution >= 4 is 17.3 Å². The van der Waals surface area contributed by atoms with Gasteiger partial charge in [-0.3, -0.25) is 10.1 Å². The van der Waals surface area contributed by atoms with Gasteiger partial charge in [-0.15, -0.1) is 0 Å². The van der Waals surface area contributed by atoms with Gasteiger partial charge in [-0.25, -0.2) is 0 Å². The van der Waals surface area contributed by atoms with Gasteiger partial charge in [0.15, 0.2) is 5.82 Å². The maximum Gasteiger partial charge on any atom is 0.269 e. The number of rotatable bonds is 4. The molecule has 6 nitrogen and oxygen atoms in total. The minimum atomic E-state index is -0.455. The van der Waals surface area contributed by atoms with E-state index in [-0.39, 0.29) is 5.69 Å². The van der Waals surface area contributed by atoms with Crippen molar-refractivity contribution in [3.8, 4) is 11.5 Å². The van der Waals surface area contributed by atoms with Crippen LogP contribution in [0, 0.1) is 10.1 Å². The molecule has 0 bridgehead atoms. The van der Waals surface area contributed by atoms with E-state index in [1.165, 1.54) is 12.1 Å². The van der Waals surface area contributed by atoms with Gasteiger partial charge < -0.3 is 4.52 Å². The fourth-order valence-corrected chi connectivity index (χ4v) is 2.08. The maximum atomic E-state index is 10.6. The number of hydrogen-bond donors (Lipinski definition) is 0. The van der Waals surface area contributed by atoms with Gasteiger partial charge in [-0.05, 0) is 29.8 Å². The van der Waals surface area contributed by atoms with E-state index >= 15 is 0 Å². The molecule has 0 amide bonds. The first kappa shape index (κ1) is 14.2. The fourth-order valence-electron chi connectivity index (χ4n) is 1.95. The molecule has 1 heterocycles. The number of nitro benzene ring substituents is 1. The quantitative estimate of drug-likeness (QED) is 0.539. The molecule has 0 radical (unpaired) electrons. The van der Waals surface area contributed by atoms with Crippen LogP contribution in [0.4, 0.5) is 5.69 Å². The van der Waals surface area contributed by atoms with Crippen LogP contribution in [0.3, 0.4) is 0 Å². The van der Waals surface area contributed by atoms with Crippen molar-refractivity contribution < 1.29 is 9.45 Å². The Kier molecular flexibility index (Phi) is 3.84. The summed E-state index contributed by atoms with van der Waals surface area (Å²) in [5.41, 5.74) is 1.67. The van der Waals surface area contributed by atoms with Gasteiger partial charge in [0, 0.05) is 29.1 Å². The molecule has 0 unspecified atom stereocenters. The van der Waals surface area contributed by atoms with Crippen LogP contribution in [0.25, 0.3) is 11.5 Å². The molecular weight excluding hydrogens is 306 g/mol. The second kappa shape index (κ2) is 5.95. The highest BCUT2D eigenvalue weighted by molar-refractivity contribution is 6.30. The van der Waals surface area contributed by atoms with Crippen LogP contribution in [-0.4, -0.2) is 15.1 Å². The zero-order valence-corrected chi connectivity index (χ0v) is 12.0. The second-order valence-electron chi connectivity index (χ2n) is 4.62. The van der Waals surface area contributed by atoms with E-state index in [9.17, 15) is 10.1 Å². The summed E-state index contributed by atoms with van der Waals surface area (Å²) in [6, 6.07) is 13.4. The Hall–Kier alpha value is -2.73. The molecule has 22 heavy (non-hydrogen) atoms. The number of nitrogens with zero attached hydrogens (tertiary/aromatic N) is 3. The smallest absolute Gasteiger partial charge is 0.269 e. The lowest BCUT2D eigenvalue weighted by Crippen LogP contribution is -1.90. The number of non-ortho nitro benzene ring substituents is 1. The highest BCUT2D eigenvalue weighted by Gasteiger charge is 2.11. The number of nitro groups is 1. The van der Waals surface area contributed by atoms with Crippen LogP contribution in [-0.2, 0) is 6.42 Å². The van der Waals surface area contributed by atoms with Crippen LogP contribution in [0.15, 0.2) is 53.1 Å². The zero-order valence-electron chi connectivity index (χ0n) is 11.3. The molecule has 7 heteroatoms. The lowest BCUT2D eigenvalue weighted by Gasteiger charge is -1.96. The van der Waals surface area contributed by atoms with Crippen LogP contribution in [0.1, 0.15) is 11.4 Å². The van der Waals surface area contributed by atoms with Gasteiger partial charge in [-0.2, -0.15) is 4.98 Å². The van der Waals surface area contributed by atoms with Gasteiger partial charge in [0.05, 0.1) is 4.92 Å². The highest BCUT2D eigenvalue weighted by atomic mass is 35.5.